The van der Waals surface area contributed by atoms with Gasteiger partial charge in [0.25, 0.3) is 0 Å². The van der Waals surface area contributed by atoms with E-state index in [2.05, 4.69) is 54.0 Å². The summed E-state index contributed by atoms with van der Waals surface area (Å²) in [6, 6.07) is 6.28. The third kappa shape index (κ3) is 1.90. The largest absolute Gasteiger partial charge is 0.388 e. The Morgan fingerprint density at radius 3 is 2.75 bits per heavy atom. The van der Waals surface area contributed by atoms with E-state index < -0.39 is 0 Å². The molecule has 0 saturated heterocycles. The number of nitrogens with zero attached hydrogens (tertiary/aromatic N) is 2. The maximum absolute atomic E-state index is 4.66. The predicted molar refractivity (Wildman–Crippen MR) is 68.8 cm³/mol. The van der Waals surface area contributed by atoms with Crippen molar-refractivity contribution in [2.24, 2.45) is 13.0 Å². The number of rotatable bonds is 3. The minimum Gasteiger partial charge on any atom is -0.388 e. The molecule has 16 heavy (non-hydrogen) atoms. The second-order valence-electron chi connectivity index (χ2n) is 4.64. The maximum Gasteiger partial charge on any atom is 0.109 e. The number of anilines is 1. The van der Waals surface area contributed by atoms with Crippen molar-refractivity contribution < 1.29 is 0 Å². The van der Waals surface area contributed by atoms with Gasteiger partial charge in [-0.05, 0) is 24.1 Å². The minimum atomic E-state index is 0.638. The number of hydrogen-bond acceptors (Lipinski definition) is 2. The molecule has 0 unspecified atom stereocenters. The van der Waals surface area contributed by atoms with Gasteiger partial charge < -0.3 is 9.88 Å². The first-order chi connectivity index (χ1) is 7.61. The molecule has 0 aliphatic rings. The second-order valence-corrected chi connectivity index (χ2v) is 4.64. The van der Waals surface area contributed by atoms with Gasteiger partial charge in [0.05, 0.1) is 11.0 Å². The summed E-state index contributed by atoms with van der Waals surface area (Å²) in [5, 5.41) is 3.16. The Bertz CT molecular complexity index is 497. The Labute approximate surface area is 96.5 Å². The van der Waals surface area contributed by atoms with Crippen LogP contribution in [0.25, 0.3) is 11.0 Å². The molecule has 0 spiro atoms. The van der Waals surface area contributed by atoms with E-state index in [1.165, 1.54) is 11.3 Å². The van der Waals surface area contributed by atoms with Crippen molar-refractivity contribution in [1.29, 1.82) is 0 Å². The molecule has 1 aromatic carbocycles. The SMILES string of the molecule is CNc1ccc2nc(CC(C)C)n(C)c2c1. The lowest BCUT2D eigenvalue weighted by Crippen LogP contribution is -2.02. The lowest BCUT2D eigenvalue weighted by Gasteiger charge is -2.05. The highest BCUT2D eigenvalue weighted by Crippen LogP contribution is 2.20. The second kappa shape index (κ2) is 4.16. The normalized spacial score (nSPS) is 11.3. The monoisotopic (exact) mass is 217 g/mol. The van der Waals surface area contributed by atoms with E-state index in [1.807, 2.05) is 7.05 Å². The smallest absolute Gasteiger partial charge is 0.109 e. The first-order valence-electron chi connectivity index (χ1n) is 5.75. The highest BCUT2D eigenvalue weighted by molar-refractivity contribution is 5.80. The average molecular weight is 217 g/mol. The van der Waals surface area contributed by atoms with Gasteiger partial charge >= 0.3 is 0 Å². The summed E-state index contributed by atoms with van der Waals surface area (Å²) in [4.78, 5) is 4.66. The zero-order valence-corrected chi connectivity index (χ0v) is 10.4. The van der Waals surface area contributed by atoms with Crippen LogP contribution in [0.5, 0.6) is 0 Å². The van der Waals surface area contributed by atoms with Gasteiger partial charge in [0.2, 0.25) is 0 Å². The van der Waals surface area contributed by atoms with Crippen LogP contribution in [0, 0.1) is 5.92 Å². The fourth-order valence-corrected chi connectivity index (χ4v) is 1.94. The van der Waals surface area contributed by atoms with Gasteiger partial charge in [0.15, 0.2) is 0 Å². The van der Waals surface area contributed by atoms with Crippen molar-refractivity contribution in [3.8, 4) is 0 Å². The van der Waals surface area contributed by atoms with Gasteiger partial charge in [-0.25, -0.2) is 4.98 Å². The van der Waals surface area contributed by atoms with Gasteiger partial charge in [-0.15, -0.1) is 0 Å². The zero-order chi connectivity index (χ0) is 11.7. The number of aryl methyl sites for hydroxylation is 1. The van der Waals surface area contributed by atoms with Crippen LogP contribution in [0.15, 0.2) is 18.2 Å². The van der Waals surface area contributed by atoms with Gasteiger partial charge in [-0.2, -0.15) is 0 Å². The van der Waals surface area contributed by atoms with Crippen molar-refractivity contribution >= 4 is 16.7 Å². The van der Waals surface area contributed by atoms with Crippen molar-refractivity contribution in [2.75, 3.05) is 12.4 Å². The van der Waals surface area contributed by atoms with Crippen LogP contribution < -0.4 is 5.32 Å². The molecule has 3 nitrogen and oxygen atoms in total. The third-order valence-corrected chi connectivity index (χ3v) is 2.85. The van der Waals surface area contributed by atoms with Crippen molar-refractivity contribution in [2.45, 2.75) is 20.3 Å². The first kappa shape index (κ1) is 11.0. The van der Waals surface area contributed by atoms with Crippen LogP contribution in [0.1, 0.15) is 19.7 Å². The molecule has 0 atom stereocenters. The lowest BCUT2D eigenvalue weighted by atomic mass is 10.1. The van der Waals surface area contributed by atoms with Crippen LogP contribution in [-0.4, -0.2) is 16.6 Å². The van der Waals surface area contributed by atoms with E-state index in [0.717, 1.165) is 17.6 Å². The van der Waals surface area contributed by atoms with Crippen molar-refractivity contribution in [3.63, 3.8) is 0 Å². The summed E-state index contributed by atoms with van der Waals surface area (Å²) in [5.41, 5.74) is 3.41. The number of nitrogens with one attached hydrogen (secondary N) is 1. The predicted octanol–water partition coefficient (Wildman–Crippen LogP) is 2.81. The molecule has 0 bridgehead atoms. The third-order valence-electron chi connectivity index (χ3n) is 2.85. The van der Waals surface area contributed by atoms with Gasteiger partial charge in [0, 0.05) is 26.2 Å². The summed E-state index contributed by atoms with van der Waals surface area (Å²) >= 11 is 0. The summed E-state index contributed by atoms with van der Waals surface area (Å²) < 4.78 is 2.19. The van der Waals surface area contributed by atoms with Crippen molar-refractivity contribution in [3.05, 3.63) is 24.0 Å². The van der Waals surface area contributed by atoms with E-state index in [-0.39, 0.29) is 0 Å². The zero-order valence-electron chi connectivity index (χ0n) is 10.4. The molecule has 0 aliphatic heterocycles. The Hall–Kier alpha value is -1.51. The van der Waals surface area contributed by atoms with Gasteiger partial charge in [-0.1, -0.05) is 13.8 Å². The quantitative estimate of drug-likeness (QED) is 0.856. The van der Waals surface area contributed by atoms with Crippen LogP contribution >= 0.6 is 0 Å². The number of aromatic nitrogens is 2. The Kier molecular flexibility index (Phi) is 2.86. The molecule has 0 aliphatic carbocycles. The van der Waals surface area contributed by atoms with Crippen LogP contribution in [-0.2, 0) is 13.5 Å². The Morgan fingerprint density at radius 2 is 2.12 bits per heavy atom. The van der Waals surface area contributed by atoms with E-state index >= 15 is 0 Å². The standard InChI is InChI=1S/C13H19N3/c1-9(2)7-13-15-11-6-5-10(14-3)8-12(11)16(13)4/h5-6,8-9,14H,7H2,1-4H3. The fourth-order valence-electron chi connectivity index (χ4n) is 1.94. The van der Waals surface area contributed by atoms with Crippen LogP contribution in [0.4, 0.5) is 5.69 Å². The molecular weight excluding hydrogens is 198 g/mol. The lowest BCUT2D eigenvalue weighted by molar-refractivity contribution is 0.606. The van der Waals surface area contributed by atoms with Gasteiger partial charge in [-0.3, -0.25) is 0 Å². The summed E-state index contributed by atoms with van der Waals surface area (Å²) in [6.07, 6.45) is 1.03. The Balaban J connectivity index is 2.50. The number of benzene rings is 1. The molecule has 0 fully saturated rings. The molecule has 2 aromatic rings. The minimum absolute atomic E-state index is 0.638. The molecular formula is C13H19N3. The van der Waals surface area contributed by atoms with Crippen LogP contribution in [0.2, 0.25) is 0 Å². The van der Waals surface area contributed by atoms with E-state index in [4.69, 9.17) is 0 Å². The van der Waals surface area contributed by atoms with Gasteiger partial charge in [0.1, 0.15) is 5.82 Å². The molecule has 0 saturated carbocycles. The number of fused-ring (bicyclic) bond motifs is 1. The summed E-state index contributed by atoms with van der Waals surface area (Å²) in [7, 11) is 4.03. The Morgan fingerprint density at radius 1 is 1.38 bits per heavy atom. The first-order valence-corrected chi connectivity index (χ1v) is 5.75. The molecule has 3 heteroatoms. The highest BCUT2D eigenvalue weighted by atomic mass is 15.1. The summed E-state index contributed by atoms with van der Waals surface area (Å²) in [5.74, 6) is 1.80. The molecule has 2 rings (SSSR count). The number of imidazole rings is 1. The number of hydrogen-bond donors (Lipinski definition) is 1. The summed E-state index contributed by atoms with van der Waals surface area (Å²) in [6.45, 7) is 4.44. The van der Waals surface area contributed by atoms with E-state index in [9.17, 15) is 0 Å². The van der Waals surface area contributed by atoms with Crippen molar-refractivity contribution in [1.82, 2.24) is 9.55 Å². The maximum atomic E-state index is 4.66. The topological polar surface area (TPSA) is 29.9 Å². The van der Waals surface area contributed by atoms with Crippen LogP contribution in [0.3, 0.4) is 0 Å². The molecule has 1 heterocycles. The molecule has 0 amide bonds. The average Bonchev–Trinajstić information content (AvgIpc) is 2.55. The highest BCUT2D eigenvalue weighted by Gasteiger charge is 2.09. The molecule has 0 radical (unpaired) electrons. The molecule has 86 valence electrons. The molecule has 1 N–H and O–H groups in total. The van der Waals surface area contributed by atoms with E-state index in [1.54, 1.807) is 0 Å². The fraction of sp³-hybridized carbons (Fsp3) is 0.462. The van der Waals surface area contributed by atoms with E-state index in [0.29, 0.717) is 5.92 Å². The molecule has 1 aromatic heterocycles.